The summed E-state index contributed by atoms with van der Waals surface area (Å²) < 4.78 is 15.9. The Kier molecular flexibility index (Phi) is 5.84. The number of piperidine rings is 1. The normalized spacial score (nSPS) is 16.7. The van der Waals surface area contributed by atoms with Crippen molar-refractivity contribution in [2.75, 3.05) is 39.3 Å². The smallest absolute Gasteiger partial charge is 0.282 e. The lowest BCUT2D eigenvalue weighted by atomic mass is 10.0. The number of methoxy groups -OCH3 is 3. The van der Waals surface area contributed by atoms with Crippen molar-refractivity contribution in [3.63, 3.8) is 0 Å². The second kappa shape index (κ2) is 8.71. The monoisotopic (exact) mass is 422 g/mol. The molecular formula is C24H26N2O5. The van der Waals surface area contributed by atoms with Crippen molar-refractivity contribution in [3.8, 4) is 17.2 Å². The Labute approximate surface area is 181 Å². The van der Waals surface area contributed by atoms with Crippen molar-refractivity contribution in [3.05, 3.63) is 53.7 Å². The van der Waals surface area contributed by atoms with Crippen LogP contribution in [0.2, 0.25) is 0 Å². The summed E-state index contributed by atoms with van der Waals surface area (Å²) in [6, 6.07) is 12.3. The molecule has 4 rings (SSSR count). The Bertz CT molecular complexity index is 1000. The van der Waals surface area contributed by atoms with Gasteiger partial charge in [0.25, 0.3) is 11.8 Å². The summed E-state index contributed by atoms with van der Waals surface area (Å²) in [5.41, 5.74) is 1.98. The molecule has 2 aromatic carbocycles. The Morgan fingerprint density at radius 3 is 1.84 bits per heavy atom. The van der Waals surface area contributed by atoms with E-state index in [1.54, 1.807) is 37.4 Å². The van der Waals surface area contributed by atoms with E-state index >= 15 is 0 Å². The first-order valence-corrected chi connectivity index (χ1v) is 10.3. The highest BCUT2D eigenvalue weighted by molar-refractivity contribution is 6.45. The molecule has 0 spiro atoms. The minimum absolute atomic E-state index is 0.326. The van der Waals surface area contributed by atoms with Crippen LogP contribution in [0, 0.1) is 0 Å². The molecule has 0 unspecified atom stereocenters. The fraction of sp³-hybridized carbons (Fsp3) is 0.333. The fourth-order valence-corrected chi connectivity index (χ4v) is 4.10. The van der Waals surface area contributed by atoms with Crippen LogP contribution in [0.3, 0.4) is 0 Å². The summed E-state index contributed by atoms with van der Waals surface area (Å²) >= 11 is 0. The van der Waals surface area contributed by atoms with E-state index < -0.39 is 0 Å². The molecule has 2 aliphatic heterocycles. The van der Waals surface area contributed by atoms with Crippen LogP contribution in [0.25, 0.3) is 5.57 Å². The third-order valence-corrected chi connectivity index (χ3v) is 5.70. The molecule has 7 heteroatoms. The molecule has 0 saturated carbocycles. The zero-order valence-electron chi connectivity index (χ0n) is 18.0. The van der Waals surface area contributed by atoms with Crippen LogP contribution in [-0.2, 0) is 9.59 Å². The first-order chi connectivity index (χ1) is 15.1. The average Bonchev–Trinajstić information content (AvgIpc) is 3.09. The van der Waals surface area contributed by atoms with Crippen LogP contribution < -0.4 is 19.1 Å². The zero-order valence-corrected chi connectivity index (χ0v) is 18.0. The molecular weight excluding hydrogens is 396 g/mol. The molecule has 0 aliphatic carbocycles. The number of carbonyl (C=O) groups excluding carboxylic acids is 2. The van der Waals surface area contributed by atoms with E-state index in [9.17, 15) is 9.59 Å². The van der Waals surface area contributed by atoms with Crippen molar-refractivity contribution in [2.45, 2.75) is 19.3 Å². The number of benzene rings is 2. The van der Waals surface area contributed by atoms with Gasteiger partial charge in [0.1, 0.15) is 22.9 Å². The maximum absolute atomic E-state index is 13.6. The summed E-state index contributed by atoms with van der Waals surface area (Å²) in [7, 11) is 4.66. The molecule has 0 aromatic heterocycles. The average molecular weight is 422 g/mol. The number of likely N-dealkylation sites (tertiary alicyclic amines) is 1. The highest BCUT2D eigenvalue weighted by Crippen LogP contribution is 2.38. The molecule has 0 atom stereocenters. The Morgan fingerprint density at radius 2 is 1.29 bits per heavy atom. The molecule has 162 valence electrons. The van der Waals surface area contributed by atoms with E-state index in [4.69, 9.17) is 14.2 Å². The van der Waals surface area contributed by atoms with Gasteiger partial charge in [0.2, 0.25) is 0 Å². The predicted molar refractivity (Wildman–Crippen MR) is 117 cm³/mol. The minimum atomic E-state index is -0.356. The molecule has 2 aliphatic rings. The van der Waals surface area contributed by atoms with Crippen LogP contribution in [0.4, 0.5) is 5.69 Å². The van der Waals surface area contributed by atoms with Gasteiger partial charge in [0.15, 0.2) is 0 Å². The largest absolute Gasteiger partial charge is 0.497 e. The standard InChI is InChI=1S/C24H26N2O5/c1-29-18-9-7-16(8-10-18)21-22(25-11-5-4-6-12-25)24(28)26(23(21)27)17-13-19(30-2)15-20(14-17)31-3/h7-10,13-15H,4-6,11-12H2,1-3H3. The molecule has 0 bridgehead atoms. The van der Waals surface area contributed by atoms with Crippen LogP contribution in [0.5, 0.6) is 17.2 Å². The van der Waals surface area contributed by atoms with Crippen molar-refractivity contribution in [1.29, 1.82) is 0 Å². The molecule has 2 amide bonds. The molecule has 31 heavy (non-hydrogen) atoms. The second-order valence-electron chi connectivity index (χ2n) is 7.52. The Hall–Kier alpha value is -3.48. The van der Waals surface area contributed by atoms with Gasteiger partial charge < -0.3 is 19.1 Å². The highest BCUT2D eigenvalue weighted by atomic mass is 16.5. The number of imide groups is 1. The summed E-state index contributed by atoms with van der Waals surface area (Å²) in [6.45, 7) is 1.51. The lowest BCUT2D eigenvalue weighted by molar-refractivity contribution is -0.120. The molecule has 2 aromatic rings. The van der Waals surface area contributed by atoms with Crippen molar-refractivity contribution < 1.29 is 23.8 Å². The summed E-state index contributed by atoms with van der Waals surface area (Å²) in [5.74, 6) is 1.02. The number of nitrogens with zero attached hydrogens (tertiary/aromatic N) is 2. The predicted octanol–water partition coefficient (Wildman–Crippen LogP) is 3.48. The Morgan fingerprint density at radius 1 is 0.710 bits per heavy atom. The number of hydrogen-bond acceptors (Lipinski definition) is 6. The van der Waals surface area contributed by atoms with Gasteiger partial charge in [0, 0.05) is 31.3 Å². The van der Waals surface area contributed by atoms with Crippen molar-refractivity contribution >= 4 is 23.1 Å². The molecule has 2 heterocycles. The second-order valence-corrected chi connectivity index (χ2v) is 7.52. The zero-order chi connectivity index (χ0) is 22.0. The maximum atomic E-state index is 13.6. The maximum Gasteiger partial charge on any atom is 0.282 e. The quantitative estimate of drug-likeness (QED) is 0.664. The topological polar surface area (TPSA) is 68.3 Å². The number of hydrogen-bond donors (Lipinski definition) is 0. The van der Waals surface area contributed by atoms with Crippen LogP contribution in [0.15, 0.2) is 48.2 Å². The van der Waals surface area contributed by atoms with E-state index in [0.717, 1.165) is 32.4 Å². The fourth-order valence-electron chi connectivity index (χ4n) is 4.10. The van der Waals surface area contributed by atoms with E-state index in [-0.39, 0.29) is 11.8 Å². The molecule has 1 fully saturated rings. The van der Waals surface area contributed by atoms with Gasteiger partial charge in [-0.2, -0.15) is 0 Å². The van der Waals surface area contributed by atoms with E-state index in [2.05, 4.69) is 0 Å². The van der Waals surface area contributed by atoms with Gasteiger partial charge in [-0.3, -0.25) is 9.59 Å². The van der Waals surface area contributed by atoms with Gasteiger partial charge in [-0.05, 0) is 37.0 Å². The van der Waals surface area contributed by atoms with Crippen LogP contribution in [-0.4, -0.2) is 51.1 Å². The van der Waals surface area contributed by atoms with Crippen LogP contribution >= 0.6 is 0 Å². The van der Waals surface area contributed by atoms with Gasteiger partial charge in [-0.25, -0.2) is 4.90 Å². The van der Waals surface area contributed by atoms with E-state index in [1.807, 2.05) is 17.0 Å². The SMILES string of the molecule is COc1ccc(C2=C(N3CCCCC3)C(=O)N(c3cc(OC)cc(OC)c3)C2=O)cc1. The molecule has 7 nitrogen and oxygen atoms in total. The minimum Gasteiger partial charge on any atom is -0.497 e. The van der Waals surface area contributed by atoms with Gasteiger partial charge in [-0.1, -0.05) is 12.1 Å². The third kappa shape index (κ3) is 3.83. The summed E-state index contributed by atoms with van der Waals surface area (Å²) in [6.07, 6.45) is 3.11. The molecule has 0 radical (unpaired) electrons. The highest BCUT2D eigenvalue weighted by Gasteiger charge is 2.43. The lowest BCUT2D eigenvalue weighted by Gasteiger charge is -2.29. The number of ether oxygens (including phenoxy) is 3. The van der Waals surface area contributed by atoms with Gasteiger partial charge in [0.05, 0.1) is 32.6 Å². The lowest BCUT2D eigenvalue weighted by Crippen LogP contribution is -2.37. The van der Waals surface area contributed by atoms with Gasteiger partial charge >= 0.3 is 0 Å². The van der Waals surface area contributed by atoms with Gasteiger partial charge in [-0.15, -0.1) is 0 Å². The number of rotatable bonds is 6. The first-order valence-electron chi connectivity index (χ1n) is 10.3. The van der Waals surface area contributed by atoms with Crippen LogP contribution in [0.1, 0.15) is 24.8 Å². The Balaban J connectivity index is 1.82. The summed E-state index contributed by atoms with van der Waals surface area (Å²) in [5, 5.41) is 0. The van der Waals surface area contributed by atoms with E-state index in [0.29, 0.717) is 39.8 Å². The number of amides is 2. The number of anilines is 1. The molecule has 1 saturated heterocycles. The number of carbonyl (C=O) groups is 2. The molecule has 0 N–H and O–H groups in total. The summed E-state index contributed by atoms with van der Waals surface area (Å²) in [4.78, 5) is 30.5. The van der Waals surface area contributed by atoms with Crippen molar-refractivity contribution in [2.24, 2.45) is 0 Å². The van der Waals surface area contributed by atoms with E-state index in [1.165, 1.54) is 19.1 Å². The van der Waals surface area contributed by atoms with Crippen molar-refractivity contribution in [1.82, 2.24) is 4.90 Å². The third-order valence-electron chi connectivity index (χ3n) is 5.70. The first kappa shape index (κ1) is 20.8.